The molecule has 2 heterocycles. The van der Waals surface area contributed by atoms with Crippen LogP contribution in [0.4, 0.5) is 4.79 Å². The van der Waals surface area contributed by atoms with Crippen LogP contribution in [-0.4, -0.2) is 26.3 Å². The van der Waals surface area contributed by atoms with Gasteiger partial charge in [-0.1, -0.05) is 20.8 Å². The fourth-order valence-electron chi connectivity index (χ4n) is 3.15. The number of aromatic nitrogens is 1. The monoisotopic (exact) mass is 336 g/mol. The first-order chi connectivity index (χ1) is 10.8. The molecule has 6 nitrogen and oxygen atoms in total. The van der Waals surface area contributed by atoms with Crippen LogP contribution < -0.4 is 5.56 Å². The molecule has 1 amide bonds. The number of fused-ring (bicyclic) bond motifs is 1. The third kappa shape index (κ3) is 3.01. The van der Waals surface area contributed by atoms with Crippen LogP contribution in [0.1, 0.15) is 71.3 Å². The van der Waals surface area contributed by atoms with Gasteiger partial charge in [-0.15, -0.1) is 0 Å². The first-order valence-electron chi connectivity index (χ1n) is 8.20. The van der Waals surface area contributed by atoms with E-state index in [0.717, 1.165) is 0 Å². The molecule has 0 saturated heterocycles. The van der Waals surface area contributed by atoms with Gasteiger partial charge in [0.2, 0.25) is 0 Å². The number of pyridine rings is 1. The summed E-state index contributed by atoms with van der Waals surface area (Å²) in [5, 5.41) is 10.8. The van der Waals surface area contributed by atoms with Gasteiger partial charge in [0.25, 0.3) is 5.56 Å². The van der Waals surface area contributed by atoms with E-state index in [-0.39, 0.29) is 23.9 Å². The standard InChI is InChI=1S/C18H28N2O4/c1-10-12-11(9-20(10)16(23)24-18(5,6)7)19(8)15(22)13(14(12)21)17(2,3)4/h10,21H,9H2,1-8H3. The summed E-state index contributed by atoms with van der Waals surface area (Å²) >= 11 is 0. The molecule has 1 aliphatic rings. The summed E-state index contributed by atoms with van der Waals surface area (Å²) in [5.74, 6) is -0.000779. The first-order valence-corrected chi connectivity index (χ1v) is 8.20. The van der Waals surface area contributed by atoms with Crippen LogP contribution in [0.15, 0.2) is 4.79 Å². The second kappa shape index (κ2) is 5.53. The Hall–Kier alpha value is -1.98. The van der Waals surface area contributed by atoms with E-state index in [1.807, 2.05) is 48.5 Å². The zero-order valence-corrected chi connectivity index (χ0v) is 15.9. The number of carbonyl (C=O) groups is 1. The Balaban J connectivity index is 2.55. The molecule has 2 rings (SSSR count). The number of hydrogen-bond donors (Lipinski definition) is 1. The summed E-state index contributed by atoms with van der Waals surface area (Å²) in [7, 11) is 1.68. The fourth-order valence-corrected chi connectivity index (χ4v) is 3.15. The van der Waals surface area contributed by atoms with Crippen molar-refractivity contribution < 1.29 is 14.6 Å². The van der Waals surface area contributed by atoms with E-state index < -0.39 is 17.1 Å². The van der Waals surface area contributed by atoms with Crippen molar-refractivity contribution in [3.63, 3.8) is 0 Å². The molecule has 0 aliphatic carbocycles. The van der Waals surface area contributed by atoms with Crippen LogP contribution in [0.25, 0.3) is 0 Å². The van der Waals surface area contributed by atoms with Crippen LogP contribution in [0.3, 0.4) is 0 Å². The average Bonchev–Trinajstić information content (AvgIpc) is 2.71. The lowest BCUT2D eigenvalue weighted by molar-refractivity contribution is 0.0185. The highest BCUT2D eigenvalue weighted by Gasteiger charge is 2.39. The Kier molecular flexibility index (Phi) is 4.23. The van der Waals surface area contributed by atoms with E-state index in [1.54, 1.807) is 11.9 Å². The molecule has 0 saturated carbocycles. The summed E-state index contributed by atoms with van der Waals surface area (Å²) in [6, 6.07) is -0.359. The van der Waals surface area contributed by atoms with Gasteiger partial charge in [-0.2, -0.15) is 0 Å². The highest BCUT2D eigenvalue weighted by atomic mass is 16.6. The second-order valence-corrected chi connectivity index (χ2v) is 8.48. The lowest BCUT2D eigenvalue weighted by atomic mass is 9.85. The van der Waals surface area contributed by atoms with Crippen molar-refractivity contribution in [2.24, 2.45) is 7.05 Å². The van der Waals surface area contributed by atoms with Crippen molar-refractivity contribution in [2.45, 2.75) is 72.1 Å². The van der Waals surface area contributed by atoms with Gasteiger partial charge in [-0.3, -0.25) is 9.69 Å². The summed E-state index contributed by atoms with van der Waals surface area (Å²) < 4.78 is 6.99. The largest absolute Gasteiger partial charge is 0.507 e. The molecule has 1 aromatic heterocycles. The molecule has 1 atom stereocenters. The van der Waals surface area contributed by atoms with Crippen molar-refractivity contribution >= 4 is 6.09 Å². The summed E-state index contributed by atoms with van der Waals surface area (Å²) in [6.45, 7) is 13.2. The van der Waals surface area contributed by atoms with Gasteiger partial charge in [0.1, 0.15) is 11.4 Å². The number of nitrogens with zero attached hydrogens (tertiary/aromatic N) is 2. The van der Waals surface area contributed by atoms with E-state index >= 15 is 0 Å². The maximum Gasteiger partial charge on any atom is 0.411 e. The average molecular weight is 336 g/mol. The van der Waals surface area contributed by atoms with Gasteiger partial charge in [-0.25, -0.2) is 4.79 Å². The predicted molar refractivity (Wildman–Crippen MR) is 92.2 cm³/mol. The van der Waals surface area contributed by atoms with E-state index in [2.05, 4.69) is 0 Å². The number of aromatic hydroxyl groups is 1. The number of amides is 1. The molecule has 0 spiro atoms. The van der Waals surface area contributed by atoms with Crippen LogP contribution in [-0.2, 0) is 23.7 Å². The van der Waals surface area contributed by atoms with E-state index in [1.165, 1.54) is 4.57 Å². The van der Waals surface area contributed by atoms with Gasteiger partial charge in [0.05, 0.1) is 18.2 Å². The molecule has 0 fully saturated rings. The molecular formula is C18H28N2O4. The number of rotatable bonds is 0. The predicted octanol–water partition coefficient (Wildman–Crippen LogP) is 3.20. The van der Waals surface area contributed by atoms with Gasteiger partial charge in [0, 0.05) is 18.3 Å². The minimum atomic E-state index is -0.601. The number of hydrogen-bond acceptors (Lipinski definition) is 4. The Morgan fingerprint density at radius 3 is 2.21 bits per heavy atom. The zero-order chi connectivity index (χ0) is 18.6. The van der Waals surface area contributed by atoms with Crippen molar-refractivity contribution in [2.75, 3.05) is 0 Å². The Morgan fingerprint density at radius 1 is 1.21 bits per heavy atom. The molecule has 1 unspecified atom stereocenters. The van der Waals surface area contributed by atoms with Crippen molar-refractivity contribution in [3.8, 4) is 5.75 Å². The van der Waals surface area contributed by atoms with Gasteiger partial charge < -0.3 is 14.4 Å². The molecular weight excluding hydrogens is 308 g/mol. The lowest BCUT2D eigenvalue weighted by Gasteiger charge is -2.27. The van der Waals surface area contributed by atoms with E-state index in [4.69, 9.17) is 4.74 Å². The third-order valence-electron chi connectivity index (χ3n) is 4.31. The summed E-state index contributed by atoms with van der Waals surface area (Å²) in [6.07, 6.45) is -0.449. The van der Waals surface area contributed by atoms with Gasteiger partial charge in [0.15, 0.2) is 0 Å². The number of ether oxygens (including phenoxy) is 1. The maximum atomic E-state index is 12.7. The van der Waals surface area contributed by atoms with Crippen LogP contribution >= 0.6 is 0 Å². The number of carbonyl (C=O) groups excluding carboxylic acids is 1. The molecule has 0 radical (unpaired) electrons. The van der Waals surface area contributed by atoms with Gasteiger partial charge in [-0.05, 0) is 33.1 Å². The molecule has 134 valence electrons. The quantitative estimate of drug-likeness (QED) is 0.790. The van der Waals surface area contributed by atoms with Gasteiger partial charge >= 0.3 is 6.09 Å². The zero-order valence-electron chi connectivity index (χ0n) is 15.9. The van der Waals surface area contributed by atoms with E-state index in [9.17, 15) is 14.7 Å². The highest BCUT2D eigenvalue weighted by Crippen LogP contribution is 2.42. The summed E-state index contributed by atoms with van der Waals surface area (Å²) in [5.41, 5.74) is 0.346. The smallest absolute Gasteiger partial charge is 0.411 e. The normalized spacial score (nSPS) is 17.8. The van der Waals surface area contributed by atoms with Crippen molar-refractivity contribution in [1.82, 2.24) is 9.47 Å². The van der Waals surface area contributed by atoms with Crippen molar-refractivity contribution in [1.29, 1.82) is 0 Å². The molecule has 0 aromatic carbocycles. The molecule has 6 heteroatoms. The molecule has 0 bridgehead atoms. The summed E-state index contributed by atoms with van der Waals surface area (Å²) in [4.78, 5) is 26.7. The van der Waals surface area contributed by atoms with Crippen molar-refractivity contribution in [3.05, 3.63) is 27.2 Å². The highest BCUT2D eigenvalue weighted by molar-refractivity contribution is 5.70. The van der Waals surface area contributed by atoms with Crippen LogP contribution in [0.5, 0.6) is 5.75 Å². The Bertz CT molecular complexity index is 735. The molecule has 24 heavy (non-hydrogen) atoms. The van der Waals surface area contributed by atoms with E-state index in [0.29, 0.717) is 16.8 Å². The molecule has 1 aromatic rings. The fraction of sp³-hybridized carbons (Fsp3) is 0.667. The molecule has 1 aliphatic heterocycles. The Labute approximate surface area is 143 Å². The van der Waals surface area contributed by atoms with Crippen LogP contribution in [0, 0.1) is 0 Å². The minimum Gasteiger partial charge on any atom is -0.507 e. The lowest BCUT2D eigenvalue weighted by Crippen LogP contribution is -2.35. The SMILES string of the molecule is CC1c2c(O)c(C(C)(C)C)c(=O)n(C)c2CN1C(=O)OC(C)(C)C. The Morgan fingerprint density at radius 2 is 1.75 bits per heavy atom. The maximum absolute atomic E-state index is 12.7. The topological polar surface area (TPSA) is 71.8 Å². The second-order valence-electron chi connectivity index (χ2n) is 8.48. The minimum absolute atomic E-state index is 0.000779. The first kappa shape index (κ1) is 18.4. The molecule has 1 N–H and O–H groups in total. The van der Waals surface area contributed by atoms with Crippen LogP contribution in [0.2, 0.25) is 0 Å². The third-order valence-corrected chi connectivity index (χ3v) is 4.31.